The molecule has 0 saturated carbocycles. The van der Waals surface area contributed by atoms with Crippen molar-refractivity contribution in [3.05, 3.63) is 48.5 Å². The number of hydrogen-bond acceptors (Lipinski definition) is 9. The smallest absolute Gasteiger partial charge is 0.324 e. The molecule has 210 valence electrons. The molecule has 5 rings (SSSR count). The summed E-state index contributed by atoms with van der Waals surface area (Å²) in [6.07, 6.45) is 3.86. The van der Waals surface area contributed by atoms with Crippen LogP contribution in [0.2, 0.25) is 0 Å². The number of likely N-dealkylation sites (N-methyl/N-ethyl adjacent to an activating group) is 2. The monoisotopic (exact) mass is 561 g/mol. The maximum absolute atomic E-state index is 12.4. The minimum absolute atomic E-state index is 0.190. The van der Waals surface area contributed by atoms with E-state index in [0.717, 1.165) is 58.7 Å². The minimum Gasteiger partial charge on any atom is -0.359 e. The first-order valence-electron chi connectivity index (χ1n) is 13.4. The first-order chi connectivity index (χ1) is 19.1. The molecular formula is C28H35N9O2S. The second-order valence-corrected chi connectivity index (χ2v) is 11.6. The average Bonchev–Trinajstić information content (AvgIpc) is 3.64. The second-order valence-electron chi connectivity index (χ2n) is 10.7. The summed E-state index contributed by atoms with van der Waals surface area (Å²) in [7, 11) is 2.03. The summed E-state index contributed by atoms with van der Waals surface area (Å²) < 4.78 is 7.35. The molecule has 5 aromatic rings. The van der Waals surface area contributed by atoms with Crippen molar-refractivity contribution >= 4 is 50.1 Å². The van der Waals surface area contributed by atoms with Gasteiger partial charge in [-0.25, -0.2) is 19.7 Å². The molecule has 0 unspecified atom stereocenters. The molecule has 4 heterocycles. The fourth-order valence-electron chi connectivity index (χ4n) is 4.23. The van der Waals surface area contributed by atoms with Crippen LogP contribution in [0.5, 0.6) is 0 Å². The standard InChI is InChI=1S/C28H35N9O2S/c1-7-36(8-2)14-13-35(6)25-29-16-21-24(33-25)40-27-31-20(17-37(21)27)18-9-11-19(12-10-18)30-26(38)32-23-15-22(39-34-23)28(3,4)5/h9-12,15-17H,7-8,13-14H2,1-6H3,(H2,30,32,34,38). The first kappa shape index (κ1) is 27.5. The lowest BCUT2D eigenvalue weighted by molar-refractivity contribution is 0.262. The Morgan fingerprint density at radius 1 is 1.07 bits per heavy atom. The molecule has 0 saturated heterocycles. The van der Waals surface area contributed by atoms with Crippen LogP contribution in [0.25, 0.3) is 26.6 Å². The molecule has 12 heteroatoms. The fourth-order valence-corrected chi connectivity index (χ4v) is 5.18. The molecule has 2 amide bonds. The SMILES string of the molecule is CCN(CC)CCN(C)c1ncc2c(n1)sc1nc(-c3ccc(NC(=O)Nc4cc(C(C)(C)C)on4)cc3)cn12. The van der Waals surface area contributed by atoms with Crippen molar-refractivity contribution in [1.82, 2.24) is 29.4 Å². The Bertz CT molecular complexity index is 1610. The lowest BCUT2D eigenvalue weighted by atomic mass is 9.93. The molecule has 0 aliphatic heterocycles. The molecule has 4 aromatic heterocycles. The van der Waals surface area contributed by atoms with Crippen molar-refractivity contribution in [2.45, 2.75) is 40.0 Å². The number of urea groups is 1. The van der Waals surface area contributed by atoms with Crippen molar-refractivity contribution in [2.75, 3.05) is 48.8 Å². The Morgan fingerprint density at radius 3 is 2.50 bits per heavy atom. The van der Waals surface area contributed by atoms with Crippen molar-refractivity contribution in [3.63, 3.8) is 0 Å². The number of nitrogens with zero attached hydrogens (tertiary/aromatic N) is 7. The van der Waals surface area contributed by atoms with Crippen molar-refractivity contribution in [1.29, 1.82) is 0 Å². The number of hydrogen-bond donors (Lipinski definition) is 2. The van der Waals surface area contributed by atoms with Crippen LogP contribution in [-0.4, -0.2) is 68.7 Å². The molecule has 0 fully saturated rings. The highest BCUT2D eigenvalue weighted by atomic mass is 32.1. The van der Waals surface area contributed by atoms with Crippen LogP contribution in [0, 0.1) is 0 Å². The van der Waals surface area contributed by atoms with Crippen LogP contribution in [0.15, 0.2) is 47.2 Å². The molecule has 0 spiro atoms. The van der Waals surface area contributed by atoms with Gasteiger partial charge in [0.05, 0.1) is 11.9 Å². The van der Waals surface area contributed by atoms with E-state index < -0.39 is 6.03 Å². The normalized spacial score (nSPS) is 12.0. The zero-order chi connectivity index (χ0) is 28.4. The number of anilines is 3. The molecular weight excluding hydrogens is 526 g/mol. The zero-order valence-electron chi connectivity index (χ0n) is 23.7. The van der Waals surface area contributed by atoms with Gasteiger partial charge in [-0.3, -0.25) is 9.72 Å². The Morgan fingerprint density at radius 2 is 1.82 bits per heavy atom. The number of nitrogens with one attached hydrogen (secondary N) is 2. The number of benzene rings is 1. The number of carbonyl (C=O) groups excluding carboxylic acids is 1. The summed E-state index contributed by atoms with van der Waals surface area (Å²) in [6.45, 7) is 14.3. The maximum Gasteiger partial charge on any atom is 0.324 e. The number of amides is 2. The van der Waals surface area contributed by atoms with E-state index in [0.29, 0.717) is 17.3 Å². The van der Waals surface area contributed by atoms with E-state index in [9.17, 15) is 4.79 Å². The van der Waals surface area contributed by atoms with E-state index in [1.807, 2.05) is 68.9 Å². The van der Waals surface area contributed by atoms with Crippen LogP contribution in [0.1, 0.15) is 40.4 Å². The van der Waals surface area contributed by atoms with Crippen LogP contribution >= 0.6 is 11.3 Å². The van der Waals surface area contributed by atoms with Crippen LogP contribution < -0.4 is 15.5 Å². The van der Waals surface area contributed by atoms with Crippen LogP contribution in [0.4, 0.5) is 22.2 Å². The quantitative estimate of drug-likeness (QED) is 0.235. The molecule has 2 N–H and O–H groups in total. The topological polar surface area (TPSA) is 117 Å². The van der Waals surface area contributed by atoms with E-state index in [-0.39, 0.29) is 5.41 Å². The van der Waals surface area contributed by atoms with Crippen LogP contribution in [-0.2, 0) is 5.41 Å². The van der Waals surface area contributed by atoms with Gasteiger partial charge in [-0.05, 0) is 25.2 Å². The van der Waals surface area contributed by atoms with Crippen molar-refractivity contribution in [2.24, 2.45) is 0 Å². The average molecular weight is 562 g/mol. The van der Waals surface area contributed by atoms with Gasteiger partial charge in [0.1, 0.15) is 16.1 Å². The highest BCUT2D eigenvalue weighted by molar-refractivity contribution is 7.23. The Balaban J connectivity index is 1.25. The number of rotatable bonds is 9. The van der Waals surface area contributed by atoms with E-state index >= 15 is 0 Å². The minimum atomic E-state index is -0.395. The first-order valence-corrected chi connectivity index (χ1v) is 14.2. The predicted molar refractivity (Wildman–Crippen MR) is 161 cm³/mol. The molecule has 11 nitrogen and oxygen atoms in total. The largest absolute Gasteiger partial charge is 0.359 e. The van der Waals surface area contributed by atoms with E-state index in [4.69, 9.17) is 14.5 Å². The summed E-state index contributed by atoms with van der Waals surface area (Å²) in [5.74, 6) is 1.78. The summed E-state index contributed by atoms with van der Waals surface area (Å²) in [5, 5.41) is 9.44. The summed E-state index contributed by atoms with van der Waals surface area (Å²) >= 11 is 1.54. The van der Waals surface area contributed by atoms with Gasteiger partial charge >= 0.3 is 6.03 Å². The number of fused-ring (bicyclic) bond motifs is 3. The third-order valence-corrected chi connectivity index (χ3v) is 7.73. The van der Waals surface area contributed by atoms with Gasteiger partial charge in [0, 0.05) is 49.1 Å². The highest BCUT2D eigenvalue weighted by Crippen LogP contribution is 2.30. The van der Waals surface area contributed by atoms with Gasteiger partial charge in [0.2, 0.25) is 5.95 Å². The maximum atomic E-state index is 12.4. The van der Waals surface area contributed by atoms with E-state index in [1.54, 1.807) is 17.4 Å². The van der Waals surface area contributed by atoms with Crippen molar-refractivity contribution < 1.29 is 9.32 Å². The molecule has 0 radical (unpaired) electrons. The molecule has 40 heavy (non-hydrogen) atoms. The lowest BCUT2D eigenvalue weighted by Crippen LogP contribution is -2.33. The third-order valence-electron chi connectivity index (χ3n) is 6.76. The molecule has 0 aliphatic rings. The van der Waals surface area contributed by atoms with Gasteiger partial charge < -0.3 is 19.6 Å². The van der Waals surface area contributed by atoms with Gasteiger partial charge in [-0.15, -0.1) is 0 Å². The van der Waals surface area contributed by atoms with Crippen molar-refractivity contribution in [3.8, 4) is 11.3 Å². The molecule has 1 aromatic carbocycles. The summed E-state index contributed by atoms with van der Waals surface area (Å²) in [6, 6.07) is 8.87. The van der Waals surface area contributed by atoms with Gasteiger partial charge in [0.15, 0.2) is 10.8 Å². The molecule has 0 bridgehead atoms. The zero-order valence-corrected chi connectivity index (χ0v) is 24.5. The fraction of sp³-hybridized carbons (Fsp3) is 0.393. The summed E-state index contributed by atoms with van der Waals surface area (Å²) in [5.41, 5.74) is 3.16. The Hall–Kier alpha value is -4.03. The Kier molecular flexibility index (Phi) is 7.72. The number of thiazole rings is 1. The van der Waals surface area contributed by atoms with Gasteiger partial charge in [0.25, 0.3) is 0 Å². The second kappa shape index (κ2) is 11.2. The summed E-state index contributed by atoms with van der Waals surface area (Å²) in [4.78, 5) is 32.9. The molecule has 0 atom stereocenters. The lowest BCUT2D eigenvalue weighted by Gasteiger charge is -2.23. The highest BCUT2D eigenvalue weighted by Gasteiger charge is 2.20. The molecule has 0 aliphatic carbocycles. The van der Waals surface area contributed by atoms with Gasteiger partial charge in [-0.2, -0.15) is 0 Å². The Labute approximate surface area is 237 Å². The van der Waals surface area contributed by atoms with E-state index in [1.165, 1.54) is 0 Å². The van der Waals surface area contributed by atoms with E-state index in [2.05, 4.69) is 44.4 Å². The van der Waals surface area contributed by atoms with Crippen LogP contribution in [0.3, 0.4) is 0 Å². The number of imidazole rings is 1. The predicted octanol–water partition coefficient (Wildman–Crippen LogP) is 5.71. The third kappa shape index (κ3) is 5.92. The number of carbonyl (C=O) groups is 1. The number of aromatic nitrogens is 5. The van der Waals surface area contributed by atoms with Gasteiger partial charge in [-0.1, -0.05) is 63.2 Å².